The molecule has 2 fully saturated rings. The number of nitrogens with zero attached hydrogens (tertiary/aromatic N) is 1. The van der Waals surface area contributed by atoms with Crippen LogP contribution in [0, 0.1) is 11.8 Å². The molecule has 26 heavy (non-hydrogen) atoms. The van der Waals surface area contributed by atoms with E-state index in [2.05, 4.69) is 18.7 Å². The molecular weight excluding hydrogens is 326 g/mol. The molecule has 0 aromatic heterocycles. The number of carbonyl (C=O) groups is 1. The van der Waals surface area contributed by atoms with E-state index in [9.17, 15) is 4.79 Å². The summed E-state index contributed by atoms with van der Waals surface area (Å²) in [5, 5.41) is 0. The average molecular weight is 360 g/mol. The van der Waals surface area contributed by atoms with E-state index in [0.717, 1.165) is 12.2 Å². The molecular formula is C22H33NO3. The first-order chi connectivity index (χ1) is 12.6. The van der Waals surface area contributed by atoms with Gasteiger partial charge in [0.25, 0.3) is 0 Å². The summed E-state index contributed by atoms with van der Waals surface area (Å²) in [7, 11) is 0. The number of esters is 1. The Morgan fingerprint density at radius 3 is 2.65 bits per heavy atom. The van der Waals surface area contributed by atoms with Gasteiger partial charge in [0, 0.05) is 6.04 Å². The number of rotatable bonds is 7. The van der Waals surface area contributed by atoms with Crippen LogP contribution in [-0.2, 0) is 4.74 Å². The highest BCUT2D eigenvalue weighted by Gasteiger charge is 2.32. The molecule has 0 unspecified atom stereocenters. The minimum absolute atomic E-state index is 0.225. The maximum absolute atomic E-state index is 12.3. The number of fused-ring (bicyclic) bond motifs is 1. The van der Waals surface area contributed by atoms with Gasteiger partial charge >= 0.3 is 5.97 Å². The van der Waals surface area contributed by atoms with Crippen molar-refractivity contribution in [3.05, 3.63) is 29.8 Å². The van der Waals surface area contributed by atoms with Crippen molar-refractivity contribution in [2.75, 3.05) is 26.3 Å². The van der Waals surface area contributed by atoms with Crippen LogP contribution in [0.25, 0.3) is 0 Å². The van der Waals surface area contributed by atoms with Crippen molar-refractivity contribution in [3.63, 3.8) is 0 Å². The molecule has 4 heteroatoms. The average Bonchev–Trinajstić information content (AvgIpc) is 2.67. The van der Waals surface area contributed by atoms with Gasteiger partial charge in [0.1, 0.15) is 5.75 Å². The van der Waals surface area contributed by atoms with Crippen LogP contribution in [0.15, 0.2) is 24.3 Å². The van der Waals surface area contributed by atoms with Crippen LogP contribution in [0.5, 0.6) is 5.75 Å². The fourth-order valence-corrected chi connectivity index (χ4v) is 4.25. The quantitative estimate of drug-likeness (QED) is 0.670. The third-order valence-electron chi connectivity index (χ3n) is 5.62. The summed E-state index contributed by atoms with van der Waals surface area (Å²) >= 11 is 0. The lowest BCUT2D eigenvalue weighted by molar-refractivity contribution is 0.0296. The molecule has 1 aromatic carbocycles. The van der Waals surface area contributed by atoms with E-state index in [4.69, 9.17) is 9.47 Å². The summed E-state index contributed by atoms with van der Waals surface area (Å²) in [4.78, 5) is 14.9. The summed E-state index contributed by atoms with van der Waals surface area (Å²) in [6.45, 7) is 7.95. The third kappa shape index (κ3) is 5.23. The van der Waals surface area contributed by atoms with Gasteiger partial charge in [0.15, 0.2) is 0 Å². The summed E-state index contributed by atoms with van der Waals surface area (Å²) < 4.78 is 11.2. The molecule has 2 saturated heterocycles. The van der Waals surface area contributed by atoms with E-state index in [0.29, 0.717) is 36.7 Å². The second-order valence-corrected chi connectivity index (χ2v) is 8.16. The molecule has 0 radical (unpaired) electrons. The molecule has 2 atom stereocenters. The van der Waals surface area contributed by atoms with Crippen molar-refractivity contribution in [1.29, 1.82) is 0 Å². The van der Waals surface area contributed by atoms with Crippen molar-refractivity contribution in [3.8, 4) is 5.75 Å². The van der Waals surface area contributed by atoms with Gasteiger partial charge in [-0.2, -0.15) is 0 Å². The fourth-order valence-electron chi connectivity index (χ4n) is 4.25. The third-order valence-corrected chi connectivity index (χ3v) is 5.62. The Bertz CT molecular complexity index is 567. The number of carbonyl (C=O) groups excluding carboxylic acids is 1. The van der Waals surface area contributed by atoms with E-state index in [1.54, 1.807) is 12.1 Å². The van der Waals surface area contributed by atoms with Crippen molar-refractivity contribution in [2.24, 2.45) is 11.8 Å². The maximum Gasteiger partial charge on any atom is 0.338 e. The predicted molar refractivity (Wildman–Crippen MR) is 104 cm³/mol. The van der Waals surface area contributed by atoms with E-state index in [1.165, 1.54) is 45.2 Å². The molecule has 2 aliphatic rings. The Kier molecular flexibility index (Phi) is 6.95. The topological polar surface area (TPSA) is 38.8 Å². The zero-order valence-corrected chi connectivity index (χ0v) is 16.3. The molecule has 1 aromatic rings. The Morgan fingerprint density at radius 1 is 1.12 bits per heavy atom. The number of piperidine rings is 2. The lowest BCUT2D eigenvalue weighted by atomic mass is 9.82. The lowest BCUT2D eigenvalue weighted by Crippen LogP contribution is -2.48. The SMILES string of the molecule is CC(C)COc1ccc(C(=O)OCC[C@@H]2CCCN3CCCC[C@@H]23)cc1. The van der Waals surface area contributed by atoms with Gasteiger partial charge < -0.3 is 14.4 Å². The van der Waals surface area contributed by atoms with Gasteiger partial charge in [0.2, 0.25) is 0 Å². The summed E-state index contributed by atoms with van der Waals surface area (Å²) in [6.07, 6.45) is 7.56. The van der Waals surface area contributed by atoms with E-state index < -0.39 is 0 Å². The van der Waals surface area contributed by atoms with E-state index in [1.807, 2.05) is 12.1 Å². The van der Waals surface area contributed by atoms with Gasteiger partial charge in [0.05, 0.1) is 18.8 Å². The second-order valence-electron chi connectivity index (χ2n) is 8.16. The Morgan fingerprint density at radius 2 is 1.88 bits per heavy atom. The number of benzene rings is 1. The van der Waals surface area contributed by atoms with Gasteiger partial charge in [-0.3, -0.25) is 0 Å². The summed E-state index contributed by atoms with van der Waals surface area (Å²) in [5.74, 6) is 1.75. The molecule has 2 aliphatic heterocycles. The monoisotopic (exact) mass is 359 g/mol. The first-order valence-electron chi connectivity index (χ1n) is 10.3. The highest BCUT2D eigenvalue weighted by Crippen LogP contribution is 2.32. The number of hydrogen-bond donors (Lipinski definition) is 0. The van der Waals surface area contributed by atoms with Crippen molar-refractivity contribution >= 4 is 5.97 Å². The number of hydrogen-bond acceptors (Lipinski definition) is 4. The Labute approximate surface area is 157 Å². The lowest BCUT2D eigenvalue weighted by Gasteiger charge is -2.44. The second kappa shape index (κ2) is 9.40. The molecule has 0 saturated carbocycles. The Hall–Kier alpha value is -1.55. The Balaban J connectivity index is 1.43. The summed E-state index contributed by atoms with van der Waals surface area (Å²) in [6, 6.07) is 8.00. The minimum atomic E-state index is -0.225. The zero-order valence-electron chi connectivity index (χ0n) is 16.3. The molecule has 2 heterocycles. The largest absolute Gasteiger partial charge is 0.493 e. The molecule has 0 N–H and O–H groups in total. The van der Waals surface area contributed by atoms with Crippen LogP contribution in [-0.4, -0.2) is 43.2 Å². The van der Waals surface area contributed by atoms with E-state index >= 15 is 0 Å². The van der Waals surface area contributed by atoms with Crippen LogP contribution in [0.1, 0.15) is 62.7 Å². The highest BCUT2D eigenvalue weighted by atomic mass is 16.5. The van der Waals surface area contributed by atoms with Gasteiger partial charge in [-0.1, -0.05) is 20.3 Å². The normalized spacial score (nSPS) is 23.5. The molecule has 4 nitrogen and oxygen atoms in total. The van der Waals surface area contributed by atoms with Crippen molar-refractivity contribution in [1.82, 2.24) is 4.90 Å². The first kappa shape index (κ1) is 19.2. The molecule has 0 bridgehead atoms. The first-order valence-corrected chi connectivity index (χ1v) is 10.3. The van der Waals surface area contributed by atoms with Gasteiger partial charge in [-0.25, -0.2) is 4.79 Å². The van der Waals surface area contributed by atoms with E-state index in [-0.39, 0.29) is 5.97 Å². The van der Waals surface area contributed by atoms with Gasteiger partial charge in [-0.15, -0.1) is 0 Å². The molecule has 3 rings (SSSR count). The number of ether oxygens (including phenoxy) is 2. The minimum Gasteiger partial charge on any atom is -0.493 e. The van der Waals surface area contributed by atoms with Crippen LogP contribution < -0.4 is 4.74 Å². The van der Waals surface area contributed by atoms with Crippen LogP contribution >= 0.6 is 0 Å². The molecule has 0 spiro atoms. The fraction of sp³-hybridized carbons (Fsp3) is 0.682. The van der Waals surface area contributed by atoms with Crippen molar-refractivity contribution in [2.45, 2.75) is 58.4 Å². The smallest absolute Gasteiger partial charge is 0.338 e. The van der Waals surface area contributed by atoms with Crippen LogP contribution in [0.3, 0.4) is 0 Å². The van der Waals surface area contributed by atoms with Crippen molar-refractivity contribution < 1.29 is 14.3 Å². The highest BCUT2D eigenvalue weighted by molar-refractivity contribution is 5.89. The molecule has 0 aliphatic carbocycles. The summed E-state index contributed by atoms with van der Waals surface area (Å²) in [5.41, 5.74) is 0.602. The predicted octanol–water partition coefficient (Wildman–Crippen LogP) is 4.53. The zero-order chi connectivity index (χ0) is 18.4. The van der Waals surface area contributed by atoms with Crippen LogP contribution in [0.4, 0.5) is 0 Å². The molecule has 0 amide bonds. The van der Waals surface area contributed by atoms with Crippen LogP contribution in [0.2, 0.25) is 0 Å². The molecule has 144 valence electrons. The maximum atomic E-state index is 12.3. The standard InChI is InChI=1S/C22H33NO3/c1-17(2)16-26-20-10-8-19(9-11-20)22(24)25-15-12-18-6-5-14-23-13-4-3-7-21(18)23/h8-11,17-18,21H,3-7,12-16H2,1-2H3/t18-,21-/m0/s1. The van der Waals surface area contributed by atoms with Gasteiger partial charge in [-0.05, 0) is 81.3 Å².